The second-order valence-electron chi connectivity index (χ2n) is 12.0. The second-order valence-corrected chi connectivity index (χ2v) is 12.0. The van der Waals surface area contributed by atoms with Crippen LogP contribution < -0.4 is 4.90 Å². The zero-order valence-corrected chi connectivity index (χ0v) is 23.2. The van der Waals surface area contributed by atoms with Gasteiger partial charge in [-0.1, -0.05) is 6.07 Å². The van der Waals surface area contributed by atoms with Crippen LogP contribution in [0.15, 0.2) is 49.1 Å². The predicted octanol–water partition coefficient (Wildman–Crippen LogP) is 4.23. The minimum absolute atomic E-state index is 0.0892. The Bertz CT molecular complexity index is 1540. The van der Waals surface area contributed by atoms with Gasteiger partial charge in [0.1, 0.15) is 12.4 Å². The first-order valence-electron chi connectivity index (χ1n) is 13.6. The van der Waals surface area contributed by atoms with Crippen LogP contribution in [0.4, 0.5) is 19.0 Å². The summed E-state index contributed by atoms with van der Waals surface area (Å²) in [7, 11) is 0. The Kier molecular flexibility index (Phi) is 6.78. The average Bonchev–Trinajstić information content (AvgIpc) is 3.35. The van der Waals surface area contributed by atoms with Crippen molar-refractivity contribution in [3.63, 3.8) is 0 Å². The van der Waals surface area contributed by atoms with Crippen molar-refractivity contribution >= 4 is 16.7 Å². The van der Waals surface area contributed by atoms with Crippen LogP contribution in [-0.2, 0) is 11.3 Å². The first-order chi connectivity index (χ1) is 19.4. The zero-order chi connectivity index (χ0) is 29.0. The van der Waals surface area contributed by atoms with Gasteiger partial charge in [0.05, 0.1) is 29.2 Å². The number of hydrogen-bond acceptors (Lipinski definition) is 8. The Hall–Kier alpha value is -3.55. The van der Waals surface area contributed by atoms with Gasteiger partial charge >= 0.3 is 6.18 Å². The molecule has 4 aromatic heterocycles. The maximum Gasteiger partial charge on any atom is 0.408 e. The highest BCUT2D eigenvalue weighted by molar-refractivity contribution is 5.83. The third kappa shape index (κ3) is 6.21. The minimum atomic E-state index is -4.36. The Balaban J connectivity index is 1.25. The van der Waals surface area contributed by atoms with Crippen molar-refractivity contribution in [1.82, 2.24) is 34.4 Å². The molecule has 1 atom stereocenters. The average molecular weight is 571 g/mol. The lowest BCUT2D eigenvalue weighted by Gasteiger charge is -2.32. The van der Waals surface area contributed by atoms with E-state index in [2.05, 4.69) is 20.1 Å². The normalized spacial score (nSPS) is 18.7. The fourth-order valence-corrected chi connectivity index (χ4v) is 5.29. The number of nitrogens with zero attached hydrogens (tertiary/aromatic N) is 8. The van der Waals surface area contributed by atoms with E-state index in [1.54, 1.807) is 23.1 Å². The van der Waals surface area contributed by atoms with E-state index in [-0.39, 0.29) is 5.41 Å². The SMILES string of the molecule is CC(C)(C)OC(O)N1CCN(c2cccc(-n3ncc4cnc(-c5cnn(CC(F)(F)F)c5)cc43)n2)CC2(CC2)C1. The van der Waals surface area contributed by atoms with Crippen molar-refractivity contribution in [3.05, 3.63) is 49.1 Å². The van der Waals surface area contributed by atoms with E-state index < -0.39 is 24.7 Å². The highest BCUT2D eigenvalue weighted by Gasteiger charge is 2.48. The number of halogens is 3. The lowest BCUT2D eigenvalue weighted by Crippen LogP contribution is -2.44. The van der Waals surface area contributed by atoms with E-state index >= 15 is 0 Å². The number of pyridine rings is 2. The van der Waals surface area contributed by atoms with Crippen LogP contribution in [0.3, 0.4) is 0 Å². The van der Waals surface area contributed by atoms with Crippen molar-refractivity contribution in [2.24, 2.45) is 5.41 Å². The number of rotatable bonds is 6. The largest absolute Gasteiger partial charge is 0.408 e. The Morgan fingerprint density at radius 2 is 1.80 bits per heavy atom. The van der Waals surface area contributed by atoms with Gasteiger partial charge in [-0.3, -0.25) is 14.6 Å². The molecule has 13 heteroatoms. The molecule has 1 aliphatic heterocycles. The maximum absolute atomic E-state index is 12.8. The van der Waals surface area contributed by atoms with Gasteiger partial charge in [-0.2, -0.15) is 23.4 Å². The first-order valence-corrected chi connectivity index (χ1v) is 13.6. The highest BCUT2D eigenvalue weighted by Crippen LogP contribution is 2.48. The molecule has 2 aliphatic rings. The van der Waals surface area contributed by atoms with Crippen molar-refractivity contribution in [2.75, 3.05) is 31.1 Å². The molecule has 10 nitrogen and oxygen atoms in total. The van der Waals surface area contributed by atoms with Gasteiger partial charge in [0.25, 0.3) is 0 Å². The quantitative estimate of drug-likeness (QED) is 0.344. The Labute approximate surface area is 235 Å². The Morgan fingerprint density at radius 3 is 2.54 bits per heavy atom. The molecule has 218 valence electrons. The standard InChI is InChI=1S/C28H33F3N8O2/c1-26(2,3)41-25(40)37-10-9-36(16-27(17-37)7-8-27)23-5-4-6-24(35-23)39-22-11-21(32-12-19(22)13-34-39)20-14-33-38(15-20)18-28(29,30)31/h4-6,11-15,25,40H,7-10,16-18H2,1-3H3. The molecule has 2 fully saturated rings. The first kappa shape index (κ1) is 27.6. The highest BCUT2D eigenvalue weighted by atomic mass is 19.4. The molecule has 5 heterocycles. The van der Waals surface area contributed by atoms with Gasteiger partial charge in [0.2, 0.25) is 6.41 Å². The smallest absolute Gasteiger partial charge is 0.356 e. The molecule has 1 spiro atoms. The van der Waals surface area contributed by atoms with Crippen LogP contribution in [0.1, 0.15) is 33.6 Å². The molecule has 0 amide bonds. The van der Waals surface area contributed by atoms with Gasteiger partial charge in [0, 0.05) is 54.9 Å². The number of aliphatic hydroxyl groups is 1. The third-order valence-corrected chi connectivity index (χ3v) is 7.43. The van der Waals surface area contributed by atoms with Crippen LogP contribution in [0, 0.1) is 5.41 Å². The molecule has 0 radical (unpaired) electrons. The van der Waals surface area contributed by atoms with E-state index in [4.69, 9.17) is 9.72 Å². The summed E-state index contributed by atoms with van der Waals surface area (Å²) in [5.74, 6) is 1.43. The summed E-state index contributed by atoms with van der Waals surface area (Å²) in [4.78, 5) is 13.6. The molecule has 1 aliphatic carbocycles. The predicted molar refractivity (Wildman–Crippen MR) is 146 cm³/mol. The summed E-state index contributed by atoms with van der Waals surface area (Å²) in [6.45, 7) is 7.54. The number of anilines is 1. The minimum Gasteiger partial charge on any atom is -0.356 e. The van der Waals surface area contributed by atoms with E-state index in [1.807, 2.05) is 43.9 Å². The summed E-state index contributed by atoms with van der Waals surface area (Å²) >= 11 is 0. The van der Waals surface area contributed by atoms with E-state index in [1.165, 1.54) is 12.4 Å². The summed E-state index contributed by atoms with van der Waals surface area (Å²) in [5, 5.41) is 19.9. The van der Waals surface area contributed by atoms with E-state index in [0.717, 1.165) is 47.3 Å². The summed E-state index contributed by atoms with van der Waals surface area (Å²) in [6.07, 6.45) is 2.88. The van der Waals surface area contributed by atoms with Gasteiger partial charge in [-0.25, -0.2) is 9.67 Å². The van der Waals surface area contributed by atoms with Crippen molar-refractivity contribution < 1.29 is 23.0 Å². The number of aliphatic hydroxyl groups excluding tert-OH is 1. The van der Waals surface area contributed by atoms with Crippen molar-refractivity contribution in [1.29, 1.82) is 0 Å². The fourth-order valence-electron chi connectivity index (χ4n) is 5.29. The maximum atomic E-state index is 12.8. The van der Waals surface area contributed by atoms with Crippen molar-refractivity contribution in [3.8, 4) is 17.1 Å². The summed E-state index contributed by atoms with van der Waals surface area (Å²) in [5.41, 5.74) is 1.33. The van der Waals surface area contributed by atoms with Gasteiger partial charge in [-0.05, 0) is 51.8 Å². The molecule has 0 bridgehead atoms. The number of ether oxygens (including phenoxy) is 1. The molecular formula is C28H33F3N8O2. The monoisotopic (exact) mass is 570 g/mol. The van der Waals surface area contributed by atoms with E-state index in [9.17, 15) is 18.3 Å². The lowest BCUT2D eigenvalue weighted by atomic mass is 10.1. The lowest BCUT2D eigenvalue weighted by molar-refractivity contribution is -0.240. The van der Waals surface area contributed by atoms with Crippen molar-refractivity contribution in [2.45, 2.75) is 58.3 Å². The molecule has 1 saturated carbocycles. The molecular weight excluding hydrogens is 537 g/mol. The topological polar surface area (TPSA) is 97.4 Å². The molecule has 6 rings (SSSR count). The van der Waals surface area contributed by atoms with Crippen LogP contribution in [0.2, 0.25) is 0 Å². The molecule has 41 heavy (non-hydrogen) atoms. The summed E-state index contributed by atoms with van der Waals surface area (Å²) < 4.78 is 46.8. The molecule has 1 N–H and O–H groups in total. The molecule has 0 aromatic carbocycles. The van der Waals surface area contributed by atoms with Crippen LogP contribution in [0.25, 0.3) is 28.0 Å². The summed E-state index contributed by atoms with van der Waals surface area (Å²) in [6, 6.07) is 7.57. The number of hydrogen-bond donors (Lipinski definition) is 1. The zero-order valence-electron chi connectivity index (χ0n) is 23.2. The van der Waals surface area contributed by atoms with Crippen LogP contribution >= 0.6 is 0 Å². The van der Waals surface area contributed by atoms with Crippen LogP contribution in [-0.4, -0.2) is 83.9 Å². The molecule has 1 unspecified atom stereocenters. The van der Waals surface area contributed by atoms with Crippen LogP contribution in [0.5, 0.6) is 0 Å². The fraction of sp³-hybridized carbons (Fsp3) is 0.500. The van der Waals surface area contributed by atoms with Gasteiger partial charge in [0.15, 0.2) is 5.82 Å². The number of alkyl halides is 3. The second kappa shape index (κ2) is 10.1. The van der Waals surface area contributed by atoms with Gasteiger partial charge < -0.3 is 14.7 Å². The molecule has 1 saturated heterocycles. The van der Waals surface area contributed by atoms with E-state index in [0.29, 0.717) is 30.2 Å². The van der Waals surface area contributed by atoms with Gasteiger partial charge in [-0.15, -0.1) is 0 Å². The Morgan fingerprint density at radius 1 is 1.02 bits per heavy atom. The number of aromatic nitrogens is 6. The third-order valence-electron chi connectivity index (χ3n) is 7.43. The molecule has 4 aromatic rings. The number of fused-ring (bicyclic) bond motifs is 1.